The maximum absolute atomic E-state index is 3.65. The van der Waals surface area contributed by atoms with Crippen molar-refractivity contribution in [2.75, 3.05) is 0 Å². The van der Waals surface area contributed by atoms with Gasteiger partial charge >= 0.3 is 28.4 Å². The number of rotatable bonds is 2. The third kappa shape index (κ3) is 12.2. The summed E-state index contributed by atoms with van der Waals surface area (Å²) in [5.74, 6) is 3.82. The summed E-state index contributed by atoms with van der Waals surface area (Å²) >= 11 is 1.30. The molecule has 0 saturated heterocycles. The molecule has 1 unspecified atom stereocenters. The average Bonchev–Trinajstić information content (AvgIpc) is 3.89. The number of allylic oxidation sites excluding steroid dienone is 8. The SMILES string of the molecule is CC(C)(C)c1cc[c-]cc1.CC(C)(C)c1cc[c-]cc1.CC1=[C-]C(C)(C)c2cc3c(cc21)-c1cc2c(cc1C3)C(C)(C)C=C2C.CC1=[C-]C(C)C=C1CC12CC3CC(CC(C3)C1)C2.Cl.Cl.[CH2]=[Zr]. The van der Waals surface area contributed by atoms with E-state index < -0.39 is 0 Å². The van der Waals surface area contributed by atoms with E-state index in [1.807, 2.05) is 24.3 Å². The molecule has 4 aromatic rings. The first kappa shape index (κ1) is 55.1. The van der Waals surface area contributed by atoms with Crippen molar-refractivity contribution in [2.24, 2.45) is 29.1 Å². The van der Waals surface area contributed by atoms with Crippen LogP contribution in [0.4, 0.5) is 0 Å². The van der Waals surface area contributed by atoms with Crippen LogP contribution in [0.5, 0.6) is 0 Å². The van der Waals surface area contributed by atoms with Crippen LogP contribution in [0.25, 0.3) is 22.3 Å². The summed E-state index contributed by atoms with van der Waals surface area (Å²) in [7, 11) is 0. The number of hydrogen-bond acceptors (Lipinski definition) is 0. The van der Waals surface area contributed by atoms with Crippen molar-refractivity contribution < 1.29 is 24.2 Å². The molecule has 4 saturated carbocycles. The van der Waals surface area contributed by atoms with E-state index in [9.17, 15) is 0 Å². The fourth-order valence-electron chi connectivity index (χ4n) is 13.1. The van der Waals surface area contributed by atoms with Crippen molar-refractivity contribution in [3.05, 3.63) is 165 Å². The topological polar surface area (TPSA) is 0 Å². The Kier molecular flexibility index (Phi) is 17.5. The van der Waals surface area contributed by atoms with Crippen LogP contribution in [0.2, 0.25) is 0 Å². The molecule has 4 bridgehead atoms. The molecular formula is C64H80Cl2Zr-4. The van der Waals surface area contributed by atoms with Gasteiger partial charge in [0.2, 0.25) is 0 Å². The quantitative estimate of drug-likeness (QED) is 0.155. The van der Waals surface area contributed by atoms with Crippen LogP contribution in [0.3, 0.4) is 0 Å². The number of benzene rings is 4. The van der Waals surface area contributed by atoms with E-state index in [0.717, 1.165) is 24.2 Å². The molecule has 0 spiro atoms. The second-order valence-corrected chi connectivity index (χ2v) is 24.1. The van der Waals surface area contributed by atoms with Crippen LogP contribution in [0.15, 0.2) is 96.1 Å². The third-order valence-electron chi connectivity index (χ3n) is 15.7. The summed E-state index contributed by atoms with van der Waals surface area (Å²) in [6, 6.07) is 32.1. The molecule has 0 aliphatic heterocycles. The van der Waals surface area contributed by atoms with Crippen LogP contribution >= 0.6 is 24.8 Å². The molecule has 3 heteroatoms. The zero-order chi connectivity index (χ0) is 47.3. The van der Waals surface area contributed by atoms with E-state index in [0.29, 0.717) is 11.3 Å². The van der Waals surface area contributed by atoms with Crippen LogP contribution in [-0.2, 0) is 52.3 Å². The van der Waals surface area contributed by atoms with Gasteiger partial charge in [-0.25, -0.2) is 11.1 Å². The Bertz CT molecular complexity index is 2330. The number of halogens is 2. The third-order valence-corrected chi connectivity index (χ3v) is 15.7. The van der Waals surface area contributed by atoms with Crippen LogP contribution < -0.4 is 0 Å². The van der Waals surface area contributed by atoms with Crippen LogP contribution in [0, 0.1) is 53.4 Å². The molecule has 0 nitrogen and oxygen atoms in total. The van der Waals surface area contributed by atoms with Gasteiger partial charge in [0, 0.05) is 5.41 Å². The van der Waals surface area contributed by atoms with Gasteiger partial charge in [0.25, 0.3) is 0 Å². The predicted molar refractivity (Wildman–Crippen MR) is 291 cm³/mol. The van der Waals surface area contributed by atoms with E-state index in [1.54, 1.807) is 44.1 Å². The summed E-state index contributed by atoms with van der Waals surface area (Å²) < 4.78 is 3.34. The molecule has 4 aromatic carbocycles. The number of hydrogen-bond donors (Lipinski definition) is 0. The van der Waals surface area contributed by atoms with Gasteiger partial charge in [-0.15, -0.1) is 36.4 Å². The normalized spacial score (nSPS) is 24.4. The van der Waals surface area contributed by atoms with E-state index in [1.165, 1.54) is 103 Å². The van der Waals surface area contributed by atoms with Crippen molar-refractivity contribution >= 4 is 40.2 Å². The van der Waals surface area contributed by atoms with Gasteiger partial charge in [-0.2, -0.15) is 89.0 Å². The fourth-order valence-corrected chi connectivity index (χ4v) is 13.1. The molecule has 0 amide bonds. The van der Waals surface area contributed by atoms with Gasteiger partial charge < -0.3 is 0 Å². The summed E-state index contributed by atoms with van der Waals surface area (Å²) in [5, 5.41) is 0. The first-order valence-corrected chi connectivity index (χ1v) is 26.5. The van der Waals surface area contributed by atoms with Gasteiger partial charge in [0.1, 0.15) is 0 Å². The Morgan fingerprint density at radius 2 is 1.07 bits per heavy atom. The van der Waals surface area contributed by atoms with Crippen molar-refractivity contribution in [2.45, 2.75) is 170 Å². The first-order valence-electron chi connectivity index (χ1n) is 24.8. The Hall–Kier alpha value is -2.83. The minimum atomic E-state index is 0. The average molecular weight is 1010 g/mol. The molecule has 358 valence electrons. The molecule has 12 rings (SSSR count). The van der Waals surface area contributed by atoms with Gasteiger partial charge in [0.15, 0.2) is 0 Å². The van der Waals surface area contributed by atoms with E-state index in [2.05, 4.69) is 186 Å². The van der Waals surface area contributed by atoms with Crippen LogP contribution in [0.1, 0.15) is 186 Å². The summed E-state index contributed by atoms with van der Waals surface area (Å²) in [5.41, 5.74) is 21.6. The molecular weight excluding hydrogens is 931 g/mol. The Morgan fingerprint density at radius 1 is 0.627 bits per heavy atom. The van der Waals surface area contributed by atoms with E-state index in [-0.39, 0.29) is 46.5 Å². The molecule has 0 heterocycles. The van der Waals surface area contributed by atoms with Gasteiger partial charge in [-0.1, -0.05) is 126 Å². The van der Waals surface area contributed by atoms with Gasteiger partial charge in [-0.3, -0.25) is 12.2 Å². The van der Waals surface area contributed by atoms with Crippen LogP contribution in [-0.4, -0.2) is 4.21 Å². The molecule has 8 aliphatic carbocycles. The Balaban J connectivity index is 0.000000176. The first-order chi connectivity index (χ1) is 30.5. The van der Waals surface area contributed by atoms with E-state index in [4.69, 9.17) is 0 Å². The molecule has 8 aliphatic rings. The molecule has 1 atom stereocenters. The van der Waals surface area contributed by atoms with Crippen molar-refractivity contribution in [1.82, 2.24) is 0 Å². The standard InChI is InChI=1S/C25H25.C18H25.2C10H13.CH2.2ClH.Zr/c1-14-12-24(3,4)22-8-16-7-17-9-23-19(15(2)13-25(23,5)6)11-21(17)20(16)10-18(14)22;1-12-3-13(2)17(4-12)11-18-8-14-5-15(9-18)7-16(6-14)10-18;2*1-10(2,3)9-7-5-4-6-8-9;;;;/h8-12H,7H2,1-6H3;4,12,14-16H,5-11H2,1-2H3;2*5-8H,1-3H3;1H2;2*1H;/q4*-1;;;;. The van der Waals surface area contributed by atoms with Crippen molar-refractivity contribution in [3.63, 3.8) is 0 Å². The van der Waals surface area contributed by atoms with Crippen molar-refractivity contribution in [3.8, 4) is 11.1 Å². The zero-order valence-corrected chi connectivity index (χ0v) is 47.7. The molecule has 0 N–H and O–H groups in total. The zero-order valence-electron chi connectivity index (χ0n) is 43.6. The van der Waals surface area contributed by atoms with Crippen molar-refractivity contribution in [1.29, 1.82) is 0 Å². The van der Waals surface area contributed by atoms with Gasteiger partial charge in [-0.05, 0) is 131 Å². The summed E-state index contributed by atoms with van der Waals surface area (Å²) in [6.45, 7) is 31.5. The van der Waals surface area contributed by atoms with Gasteiger partial charge in [0.05, 0.1) is 0 Å². The Labute approximate surface area is 436 Å². The molecule has 4 fully saturated rings. The monoisotopic (exact) mass is 1010 g/mol. The Morgan fingerprint density at radius 3 is 1.49 bits per heavy atom. The predicted octanol–water partition coefficient (Wildman–Crippen LogP) is 17.7. The number of fused-ring (bicyclic) bond motifs is 5. The second-order valence-electron chi connectivity index (χ2n) is 24.1. The summed E-state index contributed by atoms with van der Waals surface area (Å²) in [4.78, 5) is 0. The summed E-state index contributed by atoms with van der Waals surface area (Å²) in [6.07, 6.45) is 23.9. The minimum absolute atomic E-state index is 0. The fraction of sp³-hybridized carbons (Fsp3) is 0.484. The second kappa shape index (κ2) is 21.3. The molecule has 67 heavy (non-hydrogen) atoms. The molecule has 0 aromatic heterocycles. The van der Waals surface area contributed by atoms with E-state index >= 15 is 0 Å². The molecule has 0 radical (unpaired) electrons. The maximum atomic E-state index is 3.65.